The van der Waals surface area contributed by atoms with E-state index >= 15 is 0 Å². The second-order valence-electron chi connectivity index (χ2n) is 0.204. The van der Waals surface area contributed by atoms with Crippen molar-refractivity contribution in [2.75, 3.05) is 6.61 Å². The minimum absolute atomic E-state index is 0. The molecular formula is C2H4NaORb. The van der Waals surface area contributed by atoms with Gasteiger partial charge in [0.1, 0.15) is 0 Å². The summed E-state index contributed by atoms with van der Waals surface area (Å²) in [4.78, 5) is 0. The van der Waals surface area contributed by atoms with E-state index in [1.807, 2.05) is 0 Å². The Balaban J connectivity index is -0.0000000200. The second-order valence-corrected chi connectivity index (χ2v) is 0.204. The van der Waals surface area contributed by atoms with Crippen molar-refractivity contribution in [2.24, 2.45) is 0 Å². The summed E-state index contributed by atoms with van der Waals surface area (Å²) in [6.07, 6.45) is 0. The Morgan fingerprint density at radius 1 is 1.60 bits per heavy atom. The van der Waals surface area contributed by atoms with Gasteiger partial charge in [-0.15, -0.1) is 0 Å². The molecule has 0 amide bonds. The largest absolute Gasteiger partial charge is 1.00 e. The maximum atomic E-state index is 8.82. The van der Waals surface area contributed by atoms with E-state index < -0.39 is 0 Å². The van der Waals surface area contributed by atoms with Crippen molar-refractivity contribution in [2.45, 2.75) is 0 Å². The SMILES string of the molecule is [CH2-]C[O-].[Na+].[Rb+]. The Kier molecular flexibility index (Phi) is 49.6. The van der Waals surface area contributed by atoms with E-state index in [4.69, 9.17) is 5.11 Å². The minimum atomic E-state index is -0.250. The summed E-state index contributed by atoms with van der Waals surface area (Å²) < 4.78 is 0. The van der Waals surface area contributed by atoms with Crippen LogP contribution in [0.4, 0.5) is 0 Å². The van der Waals surface area contributed by atoms with Gasteiger partial charge in [0.25, 0.3) is 0 Å². The monoisotopic (exact) mass is 152 g/mol. The van der Waals surface area contributed by atoms with Crippen molar-refractivity contribution in [3.8, 4) is 0 Å². The first-order chi connectivity index (χ1) is 1.41. The first-order valence-corrected chi connectivity index (χ1v) is 0.789. The molecule has 0 fully saturated rings. The molecule has 0 spiro atoms. The van der Waals surface area contributed by atoms with Crippen LogP contribution >= 0.6 is 0 Å². The molecule has 0 atom stereocenters. The van der Waals surface area contributed by atoms with Gasteiger partial charge in [-0.25, -0.2) is 0 Å². The fourth-order valence-corrected chi connectivity index (χ4v) is 0. The predicted octanol–water partition coefficient (Wildman–Crippen LogP) is -6.81. The summed E-state index contributed by atoms with van der Waals surface area (Å²) in [6, 6.07) is 0. The Morgan fingerprint density at radius 3 is 1.60 bits per heavy atom. The molecule has 0 aliphatic carbocycles. The molecule has 0 aliphatic rings. The van der Waals surface area contributed by atoms with Gasteiger partial charge in [0.15, 0.2) is 0 Å². The van der Waals surface area contributed by atoms with Crippen LogP contribution in [-0.4, -0.2) is 6.61 Å². The molecule has 1 nitrogen and oxygen atoms in total. The predicted molar refractivity (Wildman–Crippen MR) is 10.2 cm³/mol. The molecule has 0 heterocycles. The fraction of sp³-hybridized carbons (Fsp3) is 0.500. The van der Waals surface area contributed by atoms with Crippen molar-refractivity contribution in [3.63, 3.8) is 0 Å². The molecule has 0 aromatic carbocycles. The maximum Gasteiger partial charge on any atom is 1.00 e. The number of hydrogen-bond acceptors (Lipinski definition) is 1. The van der Waals surface area contributed by atoms with E-state index in [1.165, 1.54) is 0 Å². The number of rotatable bonds is 0. The average molecular weight is 153 g/mol. The van der Waals surface area contributed by atoms with E-state index in [1.54, 1.807) is 0 Å². The van der Waals surface area contributed by atoms with Gasteiger partial charge in [0.2, 0.25) is 0 Å². The Bertz CT molecular complexity index is 9.61. The summed E-state index contributed by atoms with van der Waals surface area (Å²) in [7, 11) is 0. The van der Waals surface area contributed by atoms with Crippen molar-refractivity contribution >= 4 is 0 Å². The minimum Gasteiger partial charge on any atom is -0.878 e. The van der Waals surface area contributed by atoms with E-state index in [0.717, 1.165) is 0 Å². The molecule has 3 heteroatoms. The molecule has 20 valence electrons. The van der Waals surface area contributed by atoms with Crippen LogP contribution in [0.2, 0.25) is 0 Å². The van der Waals surface area contributed by atoms with Crippen LogP contribution < -0.4 is 92.9 Å². The van der Waals surface area contributed by atoms with Crippen LogP contribution in [0.25, 0.3) is 0 Å². The van der Waals surface area contributed by atoms with E-state index in [2.05, 4.69) is 6.92 Å². The molecule has 0 saturated heterocycles. The molecular weight excluding hydrogens is 148 g/mol. The Labute approximate surface area is 104 Å². The molecule has 0 bridgehead atoms. The molecule has 0 N–H and O–H groups in total. The van der Waals surface area contributed by atoms with E-state index in [0.29, 0.717) is 0 Å². The van der Waals surface area contributed by atoms with Crippen LogP contribution in [0.1, 0.15) is 0 Å². The summed E-state index contributed by atoms with van der Waals surface area (Å²) in [5.74, 6) is 0. The molecule has 0 radical (unpaired) electrons. The summed E-state index contributed by atoms with van der Waals surface area (Å²) in [6.45, 7) is 2.68. The topological polar surface area (TPSA) is 23.1 Å². The zero-order valence-electron chi connectivity index (χ0n) is 3.82. The maximum absolute atomic E-state index is 8.82. The quantitative estimate of drug-likeness (QED) is 0.250. The Hall–Kier alpha value is 2.77. The summed E-state index contributed by atoms with van der Waals surface area (Å²) in [5.41, 5.74) is 0. The average Bonchev–Trinajstić information content (AvgIpc) is 0.918. The zero-order chi connectivity index (χ0) is 2.71. The van der Waals surface area contributed by atoms with Gasteiger partial charge in [0, 0.05) is 0 Å². The Morgan fingerprint density at radius 2 is 1.60 bits per heavy atom. The van der Waals surface area contributed by atoms with Gasteiger partial charge in [-0.3, -0.25) is 6.61 Å². The van der Waals surface area contributed by atoms with Crippen molar-refractivity contribution < 1.29 is 92.9 Å². The first-order valence-electron chi connectivity index (χ1n) is 0.789. The molecule has 0 rings (SSSR count). The number of hydrogen-bond donors (Lipinski definition) is 0. The zero-order valence-corrected chi connectivity index (χ0v) is 10.7. The van der Waals surface area contributed by atoms with Crippen molar-refractivity contribution in [3.05, 3.63) is 6.92 Å². The molecule has 0 aromatic rings. The third-order valence-electron chi connectivity index (χ3n) is 0. The van der Waals surface area contributed by atoms with Crippen LogP contribution in [-0.2, 0) is 0 Å². The second kappa shape index (κ2) is 15.9. The van der Waals surface area contributed by atoms with Gasteiger partial charge in [0.05, 0.1) is 0 Å². The molecule has 0 unspecified atom stereocenters. The van der Waals surface area contributed by atoms with Crippen LogP contribution in [0.15, 0.2) is 0 Å². The van der Waals surface area contributed by atoms with Crippen LogP contribution in [0.3, 0.4) is 0 Å². The van der Waals surface area contributed by atoms with Gasteiger partial charge in [-0.05, 0) is 0 Å². The van der Waals surface area contributed by atoms with Crippen molar-refractivity contribution in [1.29, 1.82) is 0 Å². The summed E-state index contributed by atoms with van der Waals surface area (Å²) in [5, 5.41) is 8.82. The van der Waals surface area contributed by atoms with Crippen LogP contribution in [0.5, 0.6) is 0 Å². The normalized spacial score (nSPS) is 3.60. The van der Waals surface area contributed by atoms with Gasteiger partial charge < -0.3 is 12.0 Å². The molecule has 0 aromatic heterocycles. The summed E-state index contributed by atoms with van der Waals surface area (Å²) >= 11 is 0. The third kappa shape index (κ3) is 20.1. The van der Waals surface area contributed by atoms with Gasteiger partial charge in [-0.2, -0.15) is 0 Å². The standard InChI is InChI=1S/C2H4O.Na.Rb/c1-2-3;;/h1-2H2;;/q-2;2*+1. The fourth-order valence-electron chi connectivity index (χ4n) is 0. The van der Waals surface area contributed by atoms with E-state index in [-0.39, 0.29) is 94.4 Å². The van der Waals surface area contributed by atoms with Crippen LogP contribution in [0, 0.1) is 6.92 Å². The van der Waals surface area contributed by atoms with E-state index in [9.17, 15) is 0 Å². The molecule has 5 heavy (non-hydrogen) atoms. The smallest absolute Gasteiger partial charge is 0.878 e. The van der Waals surface area contributed by atoms with Crippen molar-refractivity contribution in [1.82, 2.24) is 0 Å². The molecule has 0 aliphatic heterocycles. The first kappa shape index (κ1) is 15.7. The van der Waals surface area contributed by atoms with Gasteiger partial charge >= 0.3 is 87.7 Å². The van der Waals surface area contributed by atoms with Gasteiger partial charge in [-0.1, -0.05) is 0 Å². The third-order valence-corrected chi connectivity index (χ3v) is 0. The molecule has 0 saturated carbocycles.